The van der Waals surface area contributed by atoms with Gasteiger partial charge in [-0.3, -0.25) is 19.2 Å². The van der Waals surface area contributed by atoms with Crippen LogP contribution in [-0.2, 0) is 25.1 Å². The van der Waals surface area contributed by atoms with Gasteiger partial charge in [-0.25, -0.2) is 0 Å². The van der Waals surface area contributed by atoms with Crippen LogP contribution in [0, 0.1) is 5.92 Å². The second kappa shape index (κ2) is 13.5. The number of halogens is 7. The number of hydrogen-bond donors (Lipinski definition) is 3. The fourth-order valence-electron chi connectivity index (χ4n) is 3.53. The summed E-state index contributed by atoms with van der Waals surface area (Å²) >= 11 is 11.6. The van der Waals surface area contributed by atoms with E-state index in [2.05, 4.69) is 5.32 Å². The highest BCUT2D eigenvalue weighted by atomic mass is 35.5. The summed E-state index contributed by atoms with van der Waals surface area (Å²) in [6, 6.07) is 3.31. The summed E-state index contributed by atoms with van der Waals surface area (Å²) in [5.74, 6) is -11.3. The van der Waals surface area contributed by atoms with Crippen molar-refractivity contribution >= 4 is 46.7 Å². The van der Waals surface area contributed by atoms with E-state index in [-0.39, 0.29) is 10.6 Å². The molecular weight excluding hydrogens is 600 g/mol. The molecule has 2 aromatic carbocycles. The molecule has 0 spiro atoms. The van der Waals surface area contributed by atoms with Crippen LogP contribution in [0.2, 0.25) is 10.0 Å². The maximum absolute atomic E-state index is 14.8. The van der Waals surface area contributed by atoms with Gasteiger partial charge in [0.1, 0.15) is 17.8 Å². The highest BCUT2D eigenvalue weighted by molar-refractivity contribution is 6.42. The van der Waals surface area contributed by atoms with E-state index in [9.17, 15) is 41.1 Å². The van der Waals surface area contributed by atoms with Crippen molar-refractivity contribution < 1.29 is 45.9 Å². The van der Waals surface area contributed by atoms with Crippen LogP contribution in [-0.4, -0.2) is 48.9 Å². The Kier molecular flexibility index (Phi) is 11.1. The molecule has 0 aromatic heterocycles. The second-order valence-electron chi connectivity index (χ2n) is 9.18. The molecule has 0 saturated carbocycles. The van der Waals surface area contributed by atoms with Crippen LogP contribution in [0.3, 0.4) is 0 Å². The number of carbonyl (C=O) groups excluding carboxylic acids is 4. The van der Waals surface area contributed by atoms with Crippen LogP contribution in [0.15, 0.2) is 42.5 Å². The quantitative estimate of drug-likeness (QED) is 0.313. The SMILES string of the molecule is COc1ccc(C(NC(=O)C(C)NC(=O)C(F)(F)c2cccc(Cl)c2Cl)C(=O)NC(C(=O)C(F)(F)F)C(C)C)cc1. The van der Waals surface area contributed by atoms with E-state index >= 15 is 0 Å². The molecule has 15 heteroatoms. The van der Waals surface area contributed by atoms with E-state index in [1.807, 2.05) is 10.6 Å². The third-order valence-corrected chi connectivity index (χ3v) is 6.66. The molecule has 0 aliphatic carbocycles. The van der Waals surface area contributed by atoms with Gasteiger partial charge in [0.25, 0.3) is 11.7 Å². The number of ether oxygens (including phenoxy) is 1. The fourth-order valence-corrected chi connectivity index (χ4v) is 3.95. The Labute approximate surface area is 241 Å². The normalized spacial score (nSPS) is 14.0. The van der Waals surface area contributed by atoms with Gasteiger partial charge >= 0.3 is 12.1 Å². The van der Waals surface area contributed by atoms with Crippen molar-refractivity contribution in [2.45, 2.75) is 51.0 Å². The van der Waals surface area contributed by atoms with E-state index < -0.39 is 70.2 Å². The van der Waals surface area contributed by atoms with Gasteiger partial charge in [0.15, 0.2) is 0 Å². The van der Waals surface area contributed by atoms with Crippen LogP contribution in [0.25, 0.3) is 0 Å². The summed E-state index contributed by atoms with van der Waals surface area (Å²) in [6.07, 6.45) is -5.25. The Balaban J connectivity index is 2.31. The molecule has 0 fully saturated rings. The lowest BCUT2D eigenvalue weighted by atomic mass is 9.97. The molecule has 2 aromatic rings. The number of nitrogens with one attached hydrogen (secondary N) is 3. The van der Waals surface area contributed by atoms with Crippen LogP contribution in [0.4, 0.5) is 22.0 Å². The summed E-state index contributed by atoms with van der Waals surface area (Å²) in [5, 5.41) is 5.23. The van der Waals surface area contributed by atoms with Gasteiger partial charge in [-0.15, -0.1) is 0 Å². The number of alkyl halides is 5. The summed E-state index contributed by atoms with van der Waals surface area (Å²) in [6.45, 7) is 3.59. The summed E-state index contributed by atoms with van der Waals surface area (Å²) in [4.78, 5) is 50.4. The van der Waals surface area contributed by atoms with Crippen LogP contribution < -0.4 is 20.7 Å². The maximum atomic E-state index is 14.8. The first-order valence-electron chi connectivity index (χ1n) is 11.9. The number of carbonyl (C=O) groups is 4. The molecule has 3 atom stereocenters. The Morgan fingerprint density at radius 3 is 1.93 bits per heavy atom. The van der Waals surface area contributed by atoms with Gasteiger partial charge in [-0.1, -0.05) is 61.3 Å². The van der Waals surface area contributed by atoms with Crippen molar-refractivity contribution in [3.8, 4) is 5.75 Å². The third kappa shape index (κ3) is 8.29. The highest BCUT2D eigenvalue weighted by Crippen LogP contribution is 2.37. The van der Waals surface area contributed by atoms with Crippen molar-refractivity contribution in [1.82, 2.24) is 16.0 Å². The zero-order valence-corrected chi connectivity index (χ0v) is 23.5. The summed E-state index contributed by atoms with van der Waals surface area (Å²) in [7, 11) is 1.35. The van der Waals surface area contributed by atoms with Gasteiger partial charge in [-0.2, -0.15) is 22.0 Å². The molecule has 0 aliphatic heterocycles. The van der Waals surface area contributed by atoms with E-state index in [0.717, 1.165) is 19.1 Å². The topological polar surface area (TPSA) is 114 Å². The van der Waals surface area contributed by atoms with Crippen LogP contribution in [0.1, 0.15) is 37.9 Å². The number of amides is 3. The maximum Gasteiger partial charge on any atom is 0.452 e. The fraction of sp³-hybridized carbons (Fsp3) is 0.385. The number of methoxy groups -OCH3 is 1. The monoisotopic (exact) mass is 625 g/mol. The van der Waals surface area contributed by atoms with E-state index in [1.165, 1.54) is 51.3 Å². The third-order valence-electron chi connectivity index (χ3n) is 5.84. The van der Waals surface area contributed by atoms with E-state index in [0.29, 0.717) is 5.75 Å². The lowest BCUT2D eigenvalue weighted by Gasteiger charge is -2.27. The Morgan fingerprint density at radius 2 is 1.41 bits per heavy atom. The molecular formula is C26H26Cl2F5N3O5. The minimum atomic E-state index is -5.25. The highest BCUT2D eigenvalue weighted by Gasteiger charge is 2.46. The lowest BCUT2D eigenvalue weighted by Crippen LogP contribution is -2.55. The first-order valence-corrected chi connectivity index (χ1v) is 12.7. The standard InChI is InChI=1S/C26H26Cl2F5N3O5/c1-12(2)19(21(37)26(31,32)33)35-23(39)20(14-8-10-15(41-4)11-9-14)36-22(38)13(3)34-24(40)25(29,30)16-6-5-7-17(27)18(16)28/h5-13,19-20H,1-4H3,(H,34,40)(H,35,39)(H,36,38). The molecule has 0 aliphatic rings. The van der Waals surface area contributed by atoms with Crippen molar-refractivity contribution in [1.29, 1.82) is 0 Å². The second-order valence-corrected chi connectivity index (χ2v) is 9.96. The predicted octanol–water partition coefficient (Wildman–Crippen LogP) is 4.73. The van der Waals surface area contributed by atoms with Crippen molar-refractivity contribution in [3.63, 3.8) is 0 Å². The molecule has 3 unspecified atom stereocenters. The van der Waals surface area contributed by atoms with Crippen LogP contribution in [0.5, 0.6) is 5.75 Å². The van der Waals surface area contributed by atoms with Gasteiger partial charge in [0.2, 0.25) is 11.8 Å². The largest absolute Gasteiger partial charge is 0.497 e. The number of Topliss-reactive ketones (excluding diaryl/α,β-unsaturated/α-hetero) is 1. The number of rotatable bonds is 11. The van der Waals surface area contributed by atoms with Gasteiger partial charge in [-0.05, 0) is 36.6 Å². The average Bonchev–Trinajstić information content (AvgIpc) is 2.90. The van der Waals surface area contributed by atoms with Crippen molar-refractivity contribution in [2.75, 3.05) is 7.11 Å². The van der Waals surface area contributed by atoms with Gasteiger partial charge in [0.05, 0.1) is 28.8 Å². The van der Waals surface area contributed by atoms with E-state index in [4.69, 9.17) is 27.9 Å². The first-order chi connectivity index (χ1) is 18.9. The Bertz CT molecular complexity index is 1290. The van der Waals surface area contributed by atoms with Crippen LogP contribution >= 0.6 is 23.2 Å². The van der Waals surface area contributed by atoms with Crippen molar-refractivity contribution in [3.05, 3.63) is 63.6 Å². The average molecular weight is 626 g/mol. The Hall–Kier alpha value is -3.45. The molecule has 2 rings (SSSR count). The molecule has 0 bridgehead atoms. The molecule has 224 valence electrons. The Morgan fingerprint density at radius 1 is 0.829 bits per heavy atom. The molecule has 0 heterocycles. The van der Waals surface area contributed by atoms with E-state index in [1.54, 1.807) is 0 Å². The van der Waals surface area contributed by atoms with Gasteiger partial charge in [0, 0.05) is 0 Å². The number of hydrogen-bond acceptors (Lipinski definition) is 5. The number of benzene rings is 2. The summed E-state index contributed by atoms with van der Waals surface area (Å²) < 4.78 is 74.1. The molecule has 0 radical (unpaired) electrons. The number of ketones is 1. The minimum absolute atomic E-state index is 0.0492. The molecule has 3 N–H and O–H groups in total. The van der Waals surface area contributed by atoms with Gasteiger partial charge < -0.3 is 20.7 Å². The summed E-state index contributed by atoms with van der Waals surface area (Å²) in [5.41, 5.74) is -0.866. The minimum Gasteiger partial charge on any atom is -0.497 e. The van der Waals surface area contributed by atoms with Crippen molar-refractivity contribution in [2.24, 2.45) is 5.92 Å². The molecule has 3 amide bonds. The lowest BCUT2D eigenvalue weighted by molar-refractivity contribution is -0.175. The first kappa shape index (κ1) is 33.8. The molecule has 8 nitrogen and oxygen atoms in total. The molecule has 41 heavy (non-hydrogen) atoms. The predicted molar refractivity (Wildman–Crippen MR) is 140 cm³/mol. The molecule has 0 saturated heterocycles. The zero-order valence-electron chi connectivity index (χ0n) is 22.0. The smallest absolute Gasteiger partial charge is 0.452 e. The zero-order chi connectivity index (χ0) is 31.3.